The summed E-state index contributed by atoms with van der Waals surface area (Å²) in [4.78, 5) is 37.5. The lowest BCUT2D eigenvalue weighted by Crippen LogP contribution is -2.34. The van der Waals surface area contributed by atoms with Crippen LogP contribution in [0.4, 0.5) is 5.69 Å². The number of carboxylic acid groups (broad SMARTS) is 1. The third-order valence-corrected chi connectivity index (χ3v) is 4.50. The van der Waals surface area contributed by atoms with Gasteiger partial charge in [0.1, 0.15) is 12.3 Å². The summed E-state index contributed by atoms with van der Waals surface area (Å²) >= 11 is 0. The fourth-order valence-corrected chi connectivity index (χ4v) is 2.90. The van der Waals surface area contributed by atoms with Crippen molar-refractivity contribution in [1.29, 1.82) is 0 Å². The summed E-state index contributed by atoms with van der Waals surface area (Å²) in [6.07, 6.45) is 3.58. The van der Waals surface area contributed by atoms with Crippen molar-refractivity contribution in [3.63, 3.8) is 0 Å². The van der Waals surface area contributed by atoms with Gasteiger partial charge < -0.3 is 19.6 Å². The molecular weight excluding hydrogens is 414 g/mol. The van der Waals surface area contributed by atoms with Crippen molar-refractivity contribution in [3.05, 3.63) is 75.8 Å². The Bertz CT molecular complexity index is 956. The molecule has 1 amide bonds. The van der Waals surface area contributed by atoms with E-state index in [1.165, 1.54) is 41.3 Å². The number of ether oxygens (including phenoxy) is 1. The number of carbonyl (C=O) groups is 2. The van der Waals surface area contributed by atoms with E-state index < -0.39 is 23.3 Å². The van der Waals surface area contributed by atoms with E-state index in [-0.39, 0.29) is 12.2 Å². The van der Waals surface area contributed by atoms with Crippen LogP contribution in [0, 0.1) is 10.1 Å². The summed E-state index contributed by atoms with van der Waals surface area (Å²) in [7, 11) is 3.96. The molecule has 0 unspecified atom stereocenters. The second-order valence-electron chi connectivity index (χ2n) is 7.38. The number of carboxylic acids is 1. The summed E-state index contributed by atoms with van der Waals surface area (Å²) in [5, 5.41) is 20.0. The van der Waals surface area contributed by atoms with Crippen LogP contribution in [0.2, 0.25) is 0 Å². The third-order valence-electron chi connectivity index (χ3n) is 4.50. The van der Waals surface area contributed by atoms with Crippen LogP contribution in [-0.2, 0) is 16.1 Å². The Hall–Kier alpha value is -3.72. The molecule has 0 bridgehead atoms. The Labute approximate surface area is 186 Å². The van der Waals surface area contributed by atoms with Gasteiger partial charge in [0.25, 0.3) is 5.69 Å². The van der Waals surface area contributed by atoms with Crippen molar-refractivity contribution in [1.82, 2.24) is 9.80 Å². The minimum absolute atomic E-state index is 0.0526. The lowest BCUT2D eigenvalue weighted by molar-refractivity contribution is -0.384. The van der Waals surface area contributed by atoms with Gasteiger partial charge in [-0.25, -0.2) is 0 Å². The third kappa shape index (κ3) is 8.19. The predicted octanol–water partition coefficient (Wildman–Crippen LogP) is 3.05. The van der Waals surface area contributed by atoms with Crippen molar-refractivity contribution >= 4 is 23.6 Å². The number of nitro groups is 1. The molecule has 2 aromatic rings. The van der Waals surface area contributed by atoms with E-state index >= 15 is 0 Å². The molecule has 9 nitrogen and oxygen atoms in total. The number of rotatable bonds is 12. The number of carbonyl (C=O) groups excluding carboxylic acids is 1. The van der Waals surface area contributed by atoms with Gasteiger partial charge in [0, 0.05) is 30.3 Å². The summed E-state index contributed by atoms with van der Waals surface area (Å²) in [6, 6.07) is 12.9. The molecule has 170 valence electrons. The van der Waals surface area contributed by atoms with E-state index in [1.807, 2.05) is 20.2 Å². The molecule has 0 radical (unpaired) electrons. The zero-order valence-corrected chi connectivity index (χ0v) is 18.1. The molecule has 0 saturated carbocycles. The molecule has 0 saturated heterocycles. The molecule has 0 aromatic heterocycles. The highest BCUT2D eigenvalue weighted by Crippen LogP contribution is 2.21. The molecule has 9 heteroatoms. The Balaban J connectivity index is 2.10. The number of amides is 1. The summed E-state index contributed by atoms with van der Waals surface area (Å²) < 4.78 is 5.85. The summed E-state index contributed by atoms with van der Waals surface area (Å²) in [5.41, 5.74) is 1.24. The Morgan fingerprint density at radius 1 is 1.12 bits per heavy atom. The monoisotopic (exact) mass is 441 g/mol. The van der Waals surface area contributed by atoms with Crippen molar-refractivity contribution < 1.29 is 24.4 Å². The van der Waals surface area contributed by atoms with Gasteiger partial charge >= 0.3 is 5.97 Å². The second-order valence-corrected chi connectivity index (χ2v) is 7.38. The van der Waals surface area contributed by atoms with Crippen LogP contribution in [-0.4, -0.2) is 65.5 Å². The van der Waals surface area contributed by atoms with E-state index in [2.05, 4.69) is 4.90 Å². The Morgan fingerprint density at radius 2 is 1.81 bits per heavy atom. The average Bonchev–Trinajstić information content (AvgIpc) is 2.75. The predicted molar refractivity (Wildman–Crippen MR) is 120 cm³/mol. The number of nitro benzene ring substituents is 1. The molecule has 0 heterocycles. The maximum Gasteiger partial charge on any atom is 0.323 e. The Kier molecular flexibility index (Phi) is 9.37. The number of aliphatic carboxylic acids is 1. The zero-order chi connectivity index (χ0) is 23.5. The highest BCUT2D eigenvalue weighted by Gasteiger charge is 2.17. The molecule has 2 aromatic carbocycles. The van der Waals surface area contributed by atoms with Crippen LogP contribution >= 0.6 is 0 Å². The molecule has 0 aliphatic carbocycles. The maximum absolute atomic E-state index is 12.7. The molecule has 32 heavy (non-hydrogen) atoms. The molecule has 1 N–H and O–H groups in total. The van der Waals surface area contributed by atoms with Crippen molar-refractivity contribution in [2.75, 3.05) is 33.8 Å². The molecule has 0 spiro atoms. The minimum Gasteiger partial charge on any atom is -0.493 e. The van der Waals surface area contributed by atoms with E-state index in [0.29, 0.717) is 23.5 Å². The quantitative estimate of drug-likeness (QED) is 0.233. The molecule has 0 fully saturated rings. The first-order valence-corrected chi connectivity index (χ1v) is 10.0. The second kappa shape index (κ2) is 12.2. The van der Waals surface area contributed by atoms with Crippen molar-refractivity contribution in [3.8, 4) is 5.75 Å². The molecule has 0 atom stereocenters. The fourth-order valence-electron chi connectivity index (χ4n) is 2.90. The summed E-state index contributed by atoms with van der Waals surface area (Å²) in [5.74, 6) is -1.02. The fraction of sp³-hybridized carbons (Fsp3) is 0.304. The van der Waals surface area contributed by atoms with E-state index in [0.717, 1.165) is 13.0 Å². The first kappa shape index (κ1) is 24.5. The molecule has 0 aliphatic rings. The standard InChI is InChI=1S/C23H27N3O6/c1-24(2)14-5-15-32-21-7-4-3-6-19(21)16-25(17-23(28)29)22(27)13-10-18-8-11-20(12-9-18)26(30)31/h3-4,6-13H,5,14-17H2,1-2H3,(H,28,29). The smallest absolute Gasteiger partial charge is 0.323 e. The topological polar surface area (TPSA) is 113 Å². The number of para-hydroxylation sites is 1. The molecular formula is C23H27N3O6. The van der Waals surface area contributed by atoms with E-state index in [9.17, 15) is 24.8 Å². The maximum atomic E-state index is 12.7. The normalized spacial score (nSPS) is 11.0. The number of nitrogens with zero attached hydrogens (tertiary/aromatic N) is 3. The van der Waals surface area contributed by atoms with Crippen LogP contribution < -0.4 is 4.74 Å². The lowest BCUT2D eigenvalue weighted by atomic mass is 10.1. The highest BCUT2D eigenvalue weighted by molar-refractivity contribution is 5.93. The van der Waals surface area contributed by atoms with Crippen LogP contribution in [0.5, 0.6) is 5.75 Å². The average molecular weight is 441 g/mol. The first-order chi connectivity index (χ1) is 15.3. The number of benzene rings is 2. The van der Waals surface area contributed by atoms with Crippen LogP contribution in [0.25, 0.3) is 6.08 Å². The minimum atomic E-state index is -1.13. The van der Waals surface area contributed by atoms with Gasteiger partial charge in [0.15, 0.2) is 0 Å². The van der Waals surface area contributed by atoms with E-state index in [4.69, 9.17) is 4.74 Å². The number of hydrogen-bond donors (Lipinski definition) is 1. The van der Waals surface area contributed by atoms with Crippen molar-refractivity contribution in [2.24, 2.45) is 0 Å². The van der Waals surface area contributed by atoms with Gasteiger partial charge in [0.05, 0.1) is 18.1 Å². The van der Waals surface area contributed by atoms with Gasteiger partial charge in [-0.15, -0.1) is 0 Å². The Morgan fingerprint density at radius 3 is 2.44 bits per heavy atom. The van der Waals surface area contributed by atoms with E-state index in [1.54, 1.807) is 18.2 Å². The SMILES string of the molecule is CN(C)CCCOc1ccccc1CN(CC(=O)O)C(=O)C=Cc1ccc([N+](=O)[O-])cc1. The van der Waals surface area contributed by atoms with Crippen LogP contribution in [0.3, 0.4) is 0 Å². The van der Waals surface area contributed by atoms with Gasteiger partial charge in [-0.05, 0) is 50.4 Å². The first-order valence-electron chi connectivity index (χ1n) is 10.0. The van der Waals surface area contributed by atoms with Gasteiger partial charge in [0.2, 0.25) is 5.91 Å². The summed E-state index contributed by atoms with van der Waals surface area (Å²) in [6.45, 7) is 0.972. The lowest BCUT2D eigenvalue weighted by Gasteiger charge is -2.21. The van der Waals surface area contributed by atoms with Gasteiger partial charge in [-0.1, -0.05) is 18.2 Å². The zero-order valence-electron chi connectivity index (χ0n) is 18.1. The van der Waals surface area contributed by atoms with Crippen LogP contribution in [0.15, 0.2) is 54.6 Å². The molecule has 0 aliphatic heterocycles. The number of non-ortho nitro benzene ring substituents is 1. The largest absolute Gasteiger partial charge is 0.493 e. The van der Waals surface area contributed by atoms with Crippen LogP contribution in [0.1, 0.15) is 17.5 Å². The van der Waals surface area contributed by atoms with Gasteiger partial charge in [-0.2, -0.15) is 0 Å². The molecule has 2 rings (SSSR count). The number of hydrogen-bond acceptors (Lipinski definition) is 6. The van der Waals surface area contributed by atoms with Crippen molar-refractivity contribution in [2.45, 2.75) is 13.0 Å². The highest BCUT2D eigenvalue weighted by atomic mass is 16.6. The van der Waals surface area contributed by atoms with Gasteiger partial charge in [-0.3, -0.25) is 19.7 Å².